The number of rotatable bonds is 2. The van der Waals surface area contributed by atoms with Crippen LogP contribution in [0.1, 0.15) is 10.4 Å². The van der Waals surface area contributed by atoms with Crippen molar-refractivity contribution in [1.82, 2.24) is 4.57 Å². The number of pyridine rings is 1. The van der Waals surface area contributed by atoms with Crippen molar-refractivity contribution in [2.75, 3.05) is 7.11 Å². The molecule has 2 aromatic rings. The Morgan fingerprint density at radius 1 is 1.26 bits per heavy atom. The van der Waals surface area contributed by atoms with Crippen LogP contribution in [0.3, 0.4) is 0 Å². The molecule has 0 aliphatic rings. The van der Waals surface area contributed by atoms with Gasteiger partial charge in [0.05, 0.1) is 12.7 Å². The van der Waals surface area contributed by atoms with Gasteiger partial charge >= 0.3 is 5.97 Å². The molecule has 5 heteroatoms. The van der Waals surface area contributed by atoms with E-state index in [0.717, 1.165) is 0 Å². The van der Waals surface area contributed by atoms with Gasteiger partial charge in [-0.2, -0.15) is 0 Å². The Morgan fingerprint density at radius 3 is 2.47 bits per heavy atom. The summed E-state index contributed by atoms with van der Waals surface area (Å²) in [5.74, 6) is -0.913. The lowest BCUT2D eigenvalue weighted by Gasteiger charge is -2.07. The summed E-state index contributed by atoms with van der Waals surface area (Å²) in [6.45, 7) is 0. The van der Waals surface area contributed by atoms with Crippen LogP contribution in [0.25, 0.3) is 11.1 Å². The highest BCUT2D eigenvalue weighted by molar-refractivity contribution is 5.90. The van der Waals surface area contributed by atoms with Crippen molar-refractivity contribution < 1.29 is 13.9 Å². The van der Waals surface area contributed by atoms with E-state index in [1.54, 1.807) is 7.05 Å². The first kappa shape index (κ1) is 13.0. The third-order valence-electron chi connectivity index (χ3n) is 2.76. The first-order chi connectivity index (χ1) is 9.02. The largest absolute Gasteiger partial charge is 0.465 e. The maximum Gasteiger partial charge on any atom is 0.339 e. The maximum atomic E-state index is 12.9. The van der Waals surface area contributed by atoms with Crippen LogP contribution in [0.2, 0.25) is 0 Å². The number of hydrogen-bond donors (Lipinski definition) is 0. The van der Waals surface area contributed by atoms with Gasteiger partial charge in [-0.15, -0.1) is 0 Å². The molecule has 0 radical (unpaired) electrons. The van der Waals surface area contributed by atoms with Gasteiger partial charge in [-0.25, -0.2) is 9.18 Å². The molecule has 0 spiro atoms. The second kappa shape index (κ2) is 5.06. The van der Waals surface area contributed by atoms with E-state index in [4.69, 9.17) is 0 Å². The van der Waals surface area contributed by atoms with Crippen molar-refractivity contribution in [1.29, 1.82) is 0 Å². The van der Waals surface area contributed by atoms with Crippen molar-refractivity contribution in [3.8, 4) is 11.1 Å². The fourth-order valence-corrected chi connectivity index (χ4v) is 1.78. The third-order valence-corrected chi connectivity index (χ3v) is 2.76. The number of hydrogen-bond acceptors (Lipinski definition) is 3. The van der Waals surface area contributed by atoms with Gasteiger partial charge in [-0.05, 0) is 23.8 Å². The second-order valence-electron chi connectivity index (χ2n) is 4.06. The van der Waals surface area contributed by atoms with Crippen molar-refractivity contribution >= 4 is 5.97 Å². The molecule has 0 unspecified atom stereocenters. The number of halogens is 1. The normalized spacial score (nSPS) is 10.3. The van der Waals surface area contributed by atoms with E-state index in [1.165, 1.54) is 48.2 Å². The molecule has 0 saturated carbocycles. The van der Waals surface area contributed by atoms with Gasteiger partial charge in [0.1, 0.15) is 5.82 Å². The van der Waals surface area contributed by atoms with Crippen molar-refractivity contribution in [3.63, 3.8) is 0 Å². The number of nitrogens with zero attached hydrogens (tertiary/aromatic N) is 1. The molecule has 0 bridgehead atoms. The predicted molar refractivity (Wildman–Crippen MR) is 68.4 cm³/mol. The topological polar surface area (TPSA) is 48.3 Å². The summed E-state index contributed by atoms with van der Waals surface area (Å²) in [6, 6.07) is 6.96. The van der Waals surface area contributed by atoms with E-state index in [2.05, 4.69) is 4.74 Å². The Balaban J connectivity index is 2.62. The van der Waals surface area contributed by atoms with Crippen LogP contribution in [0.15, 0.2) is 41.3 Å². The minimum Gasteiger partial charge on any atom is -0.465 e. The fraction of sp³-hybridized carbons (Fsp3) is 0.143. The van der Waals surface area contributed by atoms with Gasteiger partial charge in [0.2, 0.25) is 0 Å². The quantitative estimate of drug-likeness (QED) is 0.777. The summed E-state index contributed by atoms with van der Waals surface area (Å²) < 4.78 is 18.8. The number of carbonyl (C=O) groups excluding carboxylic acids is 1. The zero-order valence-electron chi connectivity index (χ0n) is 10.5. The molecule has 0 fully saturated rings. The molecule has 0 aliphatic carbocycles. The molecular weight excluding hydrogens is 249 g/mol. The highest BCUT2D eigenvalue weighted by Gasteiger charge is 2.12. The zero-order chi connectivity index (χ0) is 14.0. The summed E-state index contributed by atoms with van der Waals surface area (Å²) in [6.07, 6.45) is 1.40. The van der Waals surface area contributed by atoms with Gasteiger partial charge in [0.15, 0.2) is 0 Å². The monoisotopic (exact) mass is 261 g/mol. The van der Waals surface area contributed by atoms with Crippen molar-refractivity contribution in [2.24, 2.45) is 7.05 Å². The van der Waals surface area contributed by atoms with Crippen molar-refractivity contribution in [3.05, 3.63) is 58.3 Å². The lowest BCUT2D eigenvalue weighted by molar-refractivity contribution is 0.0600. The first-order valence-corrected chi connectivity index (χ1v) is 5.58. The molecule has 0 aliphatic heterocycles. The number of ether oxygens (including phenoxy) is 1. The molecule has 1 heterocycles. The molecule has 2 rings (SSSR count). The minimum atomic E-state index is -0.529. The molecular formula is C14H12FNO3. The summed E-state index contributed by atoms with van der Waals surface area (Å²) in [4.78, 5) is 23.6. The summed E-state index contributed by atoms with van der Waals surface area (Å²) in [5, 5.41) is 0. The molecule has 0 N–H and O–H groups in total. The van der Waals surface area contributed by atoms with Gasteiger partial charge in [0.25, 0.3) is 5.56 Å². The average Bonchev–Trinajstić information content (AvgIpc) is 2.42. The fourth-order valence-electron chi connectivity index (χ4n) is 1.78. The van der Waals surface area contributed by atoms with Crippen LogP contribution in [0, 0.1) is 5.82 Å². The zero-order valence-corrected chi connectivity index (χ0v) is 10.5. The van der Waals surface area contributed by atoms with E-state index in [1.807, 2.05) is 0 Å². The standard InChI is InChI=1S/C14H12FNO3/c1-16-8-10(14(18)19-2)7-12(13(16)17)9-3-5-11(15)6-4-9/h3-8H,1-2H3. The minimum absolute atomic E-state index is 0.265. The molecule has 4 nitrogen and oxygen atoms in total. The Bertz CT molecular complexity index is 674. The number of carbonyl (C=O) groups is 1. The van der Waals surface area contributed by atoms with E-state index in [-0.39, 0.29) is 16.9 Å². The first-order valence-electron chi connectivity index (χ1n) is 5.58. The van der Waals surface area contributed by atoms with Gasteiger partial charge < -0.3 is 9.30 Å². The predicted octanol–water partition coefficient (Wildman–Crippen LogP) is 1.98. The van der Waals surface area contributed by atoms with Crippen LogP contribution in [-0.2, 0) is 11.8 Å². The highest BCUT2D eigenvalue weighted by atomic mass is 19.1. The highest BCUT2D eigenvalue weighted by Crippen LogP contribution is 2.17. The number of aryl methyl sites for hydroxylation is 1. The summed E-state index contributed by atoms with van der Waals surface area (Å²) in [5.41, 5.74) is 0.876. The van der Waals surface area contributed by atoms with Gasteiger partial charge in [-0.1, -0.05) is 12.1 Å². The molecule has 0 saturated heterocycles. The van der Waals surface area contributed by atoms with E-state index in [0.29, 0.717) is 11.1 Å². The Labute approximate surface area is 109 Å². The Hall–Kier alpha value is -2.43. The van der Waals surface area contributed by atoms with Gasteiger partial charge in [-0.3, -0.25) is 4.79 Å². The SMILES string of the molecule is COC(=O)c1cc(-c2ccc(F)cc2)c(=O)n(C)c1. The number of benzene rings is 1. The Morgan fingerprint density at radius 2 is 1.89 bits per heavy atom. The van der Waals surface area contributed by atoms with Crippen LogP contribution < -0.4 is 5.56 Å². The van der Waals surface area contributed by atoms with Crippen molar-refractivity contribution in [2.45, 2.75) is 0 Å². The summed E-state index contributed by atoms with van der Waals surface area (Å²) >= 11 is 0. The molecule has 0 atom stereocenters. The molecule has 19 heavy (non-hydrogen) atoms. The number of methoxy groups -OCH3 is 1. The number of aromatic nitrogens is 1. The molecule has 98 valence electrons. The molecule has 1 aromatic carbocycles. The lowest BCUT2D eigenvalue weighted by atomic mass is 10.1. The third kappa shape index (κ3) is 2.54. The lowest BCUT2D eigenvalue weighted by Crippen LogP contribution is -2.20. The maximum absolute atomic E-state index is 12.9. The summed E-state index contributed by atoms with van der Waals surface area (Å²) in [7, 11) is 2.81. The van der Waals surface area contributed by atoms with Crippen LogP contribution >= 0.6 is 0 Å². The smallest absolute Gasteiger partial charge is 0.339 e. The number of esters is 1. The Kier molecular flexibility index (Phi) is 3.46. The van der Waals surface area contributed by atoms with Crippen LogP contribution in [0.4, 0.5) is 4.39 Å². The average molecular weight is 261 g/mol. The molecule has 0 amide bonds. The molecule has 1 aromatic heterocycles. The van der Waals surface area contributed by atoms with Crippen LogP contribution in [-0.4, -0.2) is 17.6 Å². The van der Waals surface area contributed by atoms with E-state index < -0.39 is 5.97 Å². The van der Waals surface area contributed by atoms with Crippen LogP contribution in [0.5, 0.6) is 0 Å². The second-order valence-corrected chi connectivity index (χ2v) is 4.06. The van der Waals surface area contributed by atoms with E-state index in [9.17, 15) is 14.0 Å². The van der Waals surface area contributed by atoms with E-state index >= 15 is 0 Å². The van der Waals surface area contributed by atoms with Gasteiger partial charge in [0, 0.05) is 18.8 Å².